The molecule has 1 aromatic heterocycles. The third-order valence-electron chi connectivity index (χ3n) is 6.88. The van der Waals surface area contributed by atoms with Crippen molar-refractivity contribution in [1.82, 2.24) is 9.47 Å². The van der Waals surface area contributed by atoms with Crippen molar-refractivity contribution < 1.29 is 23.5 Å². The molecule has 1 atom stereocenters. The second kappa shape index (κ2) is 11.3. The number of aromatic nitrogens is 1. The first-order valence-electron chi connectivity index (χ1n) is 12.4. The van der Waals surface area contributed by atoms with Gasteiger partial charge >= 0.3 is 5.97 Å². The molecule has 0 bridgehead atoms. The Hall–Kier alpha value is -2.25. The summed E-state index contributed by atoms with van der Waals surface area (Å²) in [6, 6.07) is 4.83. The van der Waals surface area contributed by atoms with Crippen molar-refractivity contribution in [3.05, 3.63) is 35.3 Å². The van der Waals surface area contributed by atoms with Crippen molar-refractivity contribution in [1.29, 1.82) is 0 Å². The van der Waals surface area contributed by atoms with Gasteiger partial charge in [-0.1, -0.05) is 12.8 Å². The number of benzene rings is 1. The second-order valence-corrected chi connectivity index (χ2v) is 9.12. The van der Waals surface area contributed by atoms with Gasteiger partial charge in [0.25, 0.3) is 0 Å². The summed E-state index contributed by atoms with van der Waals surface area (Å²) in [5.74, 6) is -0.313. The number of hydrogen-bond donors (Lipinski definition) is 0. The van der Waals surface area contributed by atoms with Crippen LogP contribution in [0.4, 0.5) is 4.39 Å². The predicted molar refractivity (Wildman–Crippen MR) is 125 cm³/mol. The fourth-order valence-electron chi connectivity index (χ4n) is 5.21. The average Bonchev–Trinajstić information content (AvgIpc) is 3.12. The number of ketones is 1. The molecule has 1 fully saturated rings. The maximum Gasteiger partial charge on any atom is 0.305 e. The number of ether oxygens (including phenoxy) is 2. The first kappa shape index (κ1) is 23.9. The first-order valence-corrected chi connectivity index (χ1v) is 12.4. The highest BCUT2D eigenvalue weighted by Gasteiger charge is 2.34. The zero-order valence-electron chi connectivity index (χ0n) is 19.6. The van der Waals surface area contributed by atoms with Gasteiger partial charge in [0.05, 0.1) is 19.8 Å². The Kier molecular flexibility index (Phi) is 8.15. The Morgan fingerprint density at radius 3 is 2.76 bits per heavy atom. The quantitative estimate of drug-likeness (QED) is 0.391. The van der Waals surface area contributed by atoms with Crippen molar-refractivity contribution in [2.45, 2.75) is 58.4 Å². The minimum absolute atomic E-state index is 0.0409. The van der Waals surface area contributed by atoms with E-state index in [0.717, 1.165) is 100 Å². The molecule has 7 heteroatoms. The molecule has 33 heavy (non-hydrogen) atoms. The van der Waals surface area contributed by atoms with E-state index in [-0.39, 0.29) is 23.5 Å². The van der Waals surface area contributed by atoms with Crippen molar-refractivity contribution in [3.8, 4) is 0 Å². The Morgan fingerprint density at radius 2 is 1.97 bits per heavy atom. The number of Topliss-reactive ketones (excluding diaryl/α,β-unsaturated/α-hetero) is 1. The molecule has 2 aromatic rings. The minimum Gasteiger partial charge on any atom is -0.466 e. The Morgan fingerprint density at radius 1 is 1.18 bits per heavy atom. The summed E-state index contributed by atoms with van der Waals surface area (Å²) in [4.78, 5) is 27.3. The molecule has 0 amide bonds. The van der Waals surface area contributed by atoms with E-state index in [0.29, 0.717) is 13.0 Å². The van der Waals surface area contributed by atoms with Gasteiger partial charge in [0.15, 0.2) is 5.78 Å². The Bertz CT molecular complexity index is 980. The number of rotatable bonds is 10. The van der Waals surface area contributed by atoms with Crippen molar-refractivity contribution in [3.63, 3.8) is 0 Å². The normalized spacial score (nSPS) is 19.1. The smallest absolute Gasteiger partial charge is 0.305 e. The lowest BCUT2D eigenvalue weighted by Crippen LogP contribution is -2.42. The molecule has 2 heterocycles. The van der Waals surface area contributed by atoms with Crippen LogP contribution >= 0.6 is 0 Å². The standard InChI is InChI=1S/C26H35FN2O4/c1-2-33-24(30)7-5-3-4-6-12-29-22-11-9-20(27)17-21(22)25-23(29)10-8-19(26(25)31)18-28-13-15-32-16-14-28/h9,11,17,19H,2-8,10,12-16,18H2,1H3. The third-order valence-corrected chi connectivity index (χ3v) is 6.88. The SMILES string of the molecule is CCOC(=O)CCCCCCn1c2c(c3cc(F)ccc31)C(=O)C(CN1CCOCC1)CC2. The van der Waals surface area contributed by atoms with Crippen LogP contribution in [0, 0.1) is 11.7 Å². The van der Waals surface area contributed by atoms with E-state index in [1.807, 2.05) is 13.0 Å². The van der Waals surface area contributed by atoms with Gasteiger partial charge in [-0.05, 0) is 50.8 Å². The number of carbonyl (C=O) groups excluding carboxylic acids is 2. The van der Waals surface area contributed by atoms with E-state index < -0.39 is 0 Å². The number of hydrogen-bond acceptors (Lipinski definition) is 5. The van der Waals surface area contributed by atoms with Crippen LogP contribution in [-0.4, -0.2) is 60.7 Å². The number of halogens is 1. The minimum atomic E-state index is -0.301. The number of unbranched alkanes of at least 4 members (excludes halogenated alkanes) is 3. The predicted octanol–water partition coefficient (Wildman–Crippen LogP) is 4.37. The molecule has 1 unspecified atom stereocenters. The van der Waals surface area contributed by atoms with Crippen LogP contribution in [0.2, 0.25) is 0 Å². The fourth-order valence-corrected chi connectivity index (χ4v) is 5.21. The molecule has 0 N–H and O–H groups in total. The largest absolute Gasteiger partial charge is 0.466 e. The Balaban J connectivity index is 1.44. The summed E-state index contributed by atoms with van der Waals surface area (Å²) < 4.78 is 26.8. The van der Waals surface area contributed by atoms with Crippen LogP contribution in [0.3, 0.4) is 0 Å². The highest BCUT2D eigenvalue weighted by molar-refractivity contribution is 6.11. The van der Waals surface area contributed by atoms with Crippen LogP contribution < -0.4 is 0 Å². The summed E-state index contributed by atoms with van der Waals surface area (Å²) in [5.41, 5.74) is 2.75. The van der Waals surface area contributed by atoms with Crippen molar-refractivity contribution in [2.75, 3.05) is 39.5 Å². The van der Waals surface area contributed by atoms with Gasteiger partial charge in [0, 0.05) is 60.7 Å². The van der Waals surface area contributed by atoms with E-state index in [1.54, 1.807) is 0 Å². The second-order valence-electron chi connectivity index (χ2n) is 9.12. The number of fused-ring (bicyclic) bond motifs is 3. The molecule has 0 saturated carbocycles. The van der Waals surface area contributed by atoms with Gasteiger partial charge < -0.3 is 14.0 Å². The molecule has 2 aliphatic rings. The molecule has 0 radical (unpaired) electrons. The summed E-state index contributed by atoms with van der Waals surface area (Å²) >= 11 is 0. The van der Waals surface area contributed by atoms with Crippen molar-refractivity contribution >= 4 is 22.7 Å². The highest BCUT2D eigenvalue weighted by Crippen LogP contribution is 2.35. The van der Waals surface area contributed by atoms with E-state index >= 15 is 0 Å². The number of esters is 1. The van der Waals surface area contributed by atoms with E-state index in [1.165, 1.54) is 12.1 Å². The maximum absolute atomic E-state index is 14.1. The number of nitrogens with zero attached hydrogens (tertiary/aromatic N) is 2. The summed E-state index contributed by atoms with van der Waals surface area (Å²) in [5, 5.41) is 0.754. The van der Waals surface area contributed by atoms with Crippen molar-refractivity contribution in [2.24, 2.45) is 5.92 Å². The van der Waals surface area contributed by atoms with E-state index in [2.05, 4.69) is 9.47 Å². The van der Waals surface area contributed by atoms with Gasteiger partial charge in [-0.15, -0.1) is 0 Å². The summed E-state index contributed by atoms with van der Waals surface area (Å²) in [6.45, 7) is 6.97. The van der Waals surface area contributed by atoms with Crippen LogP contribution in [0.25, 0.3) is 10.9 Å². The van der Waals surface area contributed by atoms with Gasteiger partial charge in [-0.3, -0.25) is 14.5 Å². The number of aryl methyl sites for hydroxylation is 1. The molecule has 1 aliphatic carbocycles. The molecule has 0 spiro atoms. The van der Waals surface area contributed by atoms with E-state index in [4.69, 9.17) is 9.47 Å². The van der Waals surface area contributed by atoms with Crippen LogP contribution in [0.15, 0.2) is 18.2 Å². The number of carbonyl (C=O) groups is 2. The molecule has 1 saturated heterocycles. The monoisotopic (exact) mass is 458 g/mol. The van der Waals surface area contributed by atoms with Crippen LogP contribution in [0.5, 0.6) is 0 Å². The zero-order chi connectivity index (χ0) is 23.2. The topological polar surface area (TPSA) is 60.8 Å². The van der Waals surface area contributed by atoms with Gasteiger partial charge in [0.1, 0.15) is 5.82 Å². The first-order chi connectivity index (χ1) is 16.1. The third kappa shape index (κ3) is 5.64. The average molecular weight is 459 g/mol. The van der Waals surface area contributed by atoms with Gasteiger partial charge in [0.2, 0.25) is 0 Å². The summed E-state index contributed by atoms with van der Waals surface area (Å²) in [7, 11) is 0. The lowest BCUT2D eigenvalue weighted by atomic mass is 9.84. The summed E-state index contributed by atoms with van der Waals surface area (Å²) in [6.07, 6.45) is 5.90. The molecule has 4 rings (SSSR count). The van der Waals surface area contributed by atoms with Gasteiger partial charge in [-0.2, -0.15) is 0 Å². The maximum atomic E-state index is 14.1. The highest BCUT2D eigenvalue weighted by atomic mass is 19.1. The Labute approximate surface area is 195 Å². The van der Waals surface area contributed by atoms with Crippen LogP contribution in [-0.2, 0) is 27.2 Å². The molecule has 180 valence electrons. The molecule has 6 nitrogen and oxygen atoms in total. The lowest BCUT2D eigenvalue weighted by molar-refractivity contribution is -0.143. The molecule has 1 aliphatic heterocycles. The molecular formula is C26H35FN2O4. The zero-order valence-corrected chi connectivity index (χ0v) is 19.6. The lowest BCUT2D eigenvalue weighted by Gasteiger charge is -2.31. The van der Waals surface area contributed by atoms with E-state index in [9.17, 15) is 14.0 Å². The molecular weight excluding hydrogens is 423 g/mol. The molecule has 1 aromatic carbocycles. The fraction of sp³-hybridized carbons (Fsp3) is 0.615. The van der Waals surface area contributed by atoms with Crippen LogP contribution in [0.1, 0.15) is 61.5 Å². The number of morpholine rings is 1. The van der Waals surface area contributed by atoms with Gasteiger partial charge in [-0.25, -0.2) is 4.39 Å².